The average molecular weight is 211 g/mol. The predicted octanol–water partition coefficient (Wildman–Crippen LogP) is 0.696. The fourth-order valence-corrected chi connectivity index (χ4v) is 2.38. The summed E-state index contributed by atoms with van der Waals surface area (Å²) in [6, 6.07) is 0.266. The molecule has 4 nitrogen and oxygen atoms in total. The molecular formula is C11H21N3O. The van der Waals surface area contributed by atoms with Crippen LogP contribution in [-0.4, -0.2) is 67.5 Å². The molecule has 4 heteroatoms. The minimum Gasteiger partial charge on any atom is -0.325 e. The zero-order valence-electron chi connectivity index (χ0n) is 9.78. The molecule has 0 saturated carbocycles. The van der Waals surface area contributed by atoms with Crippen LogP contribution < -0.4 is 0 Å². The van der Waals surface area contributed by atoms with Gasteiger partial charge in [-0.2, -0.15) is 0 Å². The molecule has 1 atom stereocenters. The largest absolute Gasteiger partial charge is 0.325 e. The van der Waals surface area contributed by atoms with Gasteiger partial charge in [-0.1, -0.05) is 0 Å². The van der Waals surface area contributed by atoms with Crippen molar-refractivity contribution in [2.24, 2.45) is 5.92 Å². The maximum absolute atomic E-state index is 11.9. The van der Waals surface area contributed by atoms with Gasteiger partial charge < -0.3 is 14.7 Å². The molecule has 0 spiro atoms. The van der Waals surface area contributed by atoms with Crippen LogP contribution in [0.25, 0.3) is 0 Å². The molecule has 2 fully saturated rings. The van der Waals surface area contributed by atoms with Crippen molar-refractivity contribution in [2.75, 3.05) is 46.8 Å². The van der Waals surface area contributed by atoms with Gasteiger partial charge in [0.25, 0.3) is 0 Å². The van der Waals surface area contributed by atoms with Crippen molar-refractivity contribution < 1.29 is 4.79 Å². The van der Waals surface area contributed by atoms with Gasteiger partial charge in [-0.25, -0.2) is 4.79 Å². The molecule has 2 aliphatic heterocycles. The normalized spacial score (nSPS) is 25.9. The SMILES string of the molecule is CN(C)CC1CCN(C(=O)N2CCC2)C1. The number of nitrogens with zero attached hydrogens (tertiary/aromatic N) is 3. The van der Waals surface area contributed by atoms with Gasteiger partial charge in [0.15, 0.2) is 0 Å². The molecule has 2 rings (SSSR count). The first kappa shape index (κ1) is 10.7. The zero-order chi connectivity index (χ0) is 10.8. The molecule has 2 aliphatic rings. The van der Waals surface area contributed by atoms with Gasteiger partial charge in [0, 0.05) is 32.7 Å². The molecule has 0 radical (unpaired) electrons. The predicted molar refractivity (Wildman–Crippen MR) is 59.8 cm³/mol. The van der Waals surface area contributed by atoms with Gasteiger partial charge in [-0.3, -0.25) is 0 Å². The Morgan fingerprint density at radius 2 is 2.00 bits per heavy atom. The summed E-state index contributed by atoms with van der Waals surface area (Å²) in [4.78, 5) is 18.1. The van der Waals surface area contributed by atoms with Crippen molar-refractivity contribution in [2.45, 2.75) is 12.8 Å². The molecule has 2 saturated heterocycles. The Bertz CT molecular complexity index is 238. The number of urea groups is 1. The molecule has 15 heavy (non-hydrogen) atoms. The van der Waals surface area contributed by atoms with Crippen molar-refractivity contribution in [3.63, 3.8) is 0 Å². The standard InChI is InChI=1S/C11H21N3O/c1-12(2)8-10-4-7-14(9-10)11(15)13-5-3-6-13/h10H,3-9H2,1-2H3. The highest BCUT2D eigenvalue weighted by atomic mass is 16.2. The maximum Gasteiger partial charge on any atom is 0.320 e. The fourth-order valence-electron chi connectivity index (χ4n) is 2.38. The summed E-state index contributed by atoms with van der Waals surface area (Å²) in [7, 11) is 4.19. The van der Waals surface area contributed by atoms with Crippen LogP contribution in [0, 0.1) is 5.92 Å². The monoisotopic (exact) mass is 211 g/mol. The third-order valence-corrected chi connectivity index (χ3v) is 3.31. The lowest BCUT2D eigenvalue weighted by molar-refractivity contribution is 0.133. The van der Waals surface area contributed by atoms with Crippen LogP contribution in [0.2, 0.25) is 0 Å². The first-order valence-corrected chi connectivity index (χ1v) is 5.85. The van der Waals surface area contributed by atoms with Gasteiger partial charge in [-0.15, -0.1) is 0 Å². The molecule has 86 valence electrons. The lowest BCUT2D eigenvalue weighted by Crippen LogP contribution is -2.49. The van der Waals surface area contributed by atoms with Crippen LogP contribution in [-0.2, 0) is 0 Å². The molecular weight excluding hydrogens is 190 g/mol. The summed E-state index contributed by atoms with van der Waals surface area (Å²) in [6.07, 6.45) is 2.35. The first-order chi connectivity index (χ1) is 7.16. The third kappa shape index (κ3) is 2.43. The molecule has 2 heterocycles. The van der Waals surface area contributed by atoms with Crippen LogP contribution in [0.4, 0.5) is 4.79 Å². The van der Waals surface area contributed by atoms with Crippen molar-refractivity contribution >= 4 is 6.03 Å². The Labute approximate surface area is 91.8 Å². The number of hydrogen-bond donors (Lipinski definition) is 0. The van der Waals surface area contributed by atoms with E-state index in [-0.39, 0.29) is 6.03 Å². The van der Waals surface area contributed by atoms with E-state index in [1.54, 1.807) is 0 Å². The molecule has 0 aliphatic carbocycles. The maximum atomic E-state index is 11.9. The van der Waals surface area contributed by atoms with E-state index in [1.165, 1.54) is 6.42 Å². The third-order valence-electron chi connectivity index (χ3n) is 3.31. The molecule has 0 bridgehead atoms. The van der Waals surface area contributed by atoms with Crippen molar-refractivity contribution in [1.82, 2.24) is 14.7 Å². The second-order valence-electron chi connectivity index (χ2n) is 4.99. The van der Waals surface area contributed by atoms with E-state index in [0.717, 1.165) is 39.1 Å². The number of hydrogen-bond acceptors (Lipinski definition) is 2. The first-order valence-electron chi connectivity index (χ1n) is 5.85. The van der Waals surface area contributed by atoms with E-state index >= 15 is 0 Å². The van der Waals surface area contributed by atoms with Crippen molar-refractivity contribution in [3.8, 4) is 0 Å². The quantitative estimate of drug-likeness (QED) is 0.672. The Kier molecular flexibility index (Phi) is 3.14. The minimum atomic E-state index is 0.266. The summed E-state index contributed by atoms with van der Waals surface area (Å²) < 4.78 is 0. The molecule has 0 aromatic rings. The van der Waals surface area contributed by atoms with E-state index in [4.69, 9.17) is 0 Å². The summed E-state index contributed by atoms with van der Waals surface area (Å²) in [5, 5.41) is 0. The Balaban J connectivity index is 1.78. The summed E-state index contributed by atoms with van der Waals surface area (Å²) in [5.41, 5.74) is 0. The van der Waals surface area contributed by atoms with Crippen LogP contribution in [0.5, 0.6) is 0 Å². The second kappa shape index (κ2) is 4.39. The summed E-state index contributed by atoms with van der Waals surface area (Å²) in [6.45, 7) is 4.94. The summed E-state index contributed by atoms with van der Waals surface area (Å²) in [5.74, 6) is 0.672. The van der Waals surface area contributed by atoms with Crippen molar-refractivity contribution in [3.05, 3.63) is 0 Å². The number of carbonyl (C=O) groups excluding carboxylic acids is 1. The van der Waals surface area contributed by atoms with Crippen LogP contribution in [0.15, 0.2) is 0 Å². The molecule has 0 aromatic heterocycles. The van der Waals surface area contributed by atoms with Crippen LogP contribution >= 0.6 is 0 Å². The lowest BCUT2D eigenvalue weighted by Gasteiger charge is -2.34. The number of likely N-dealkylation sites (tertiary alicyclic amines) is 2. The van der Waals surface area contributed by atoms with Gasteiger partial charge in [-0.05, 0) is 32.9 Å². The molecule has 0 aromatic carbocycles. The summed E-state index contributed by atoms with van der Waals surface area (Å²) >= 11 is 0. The average Bonchev–Trinajstić information content (AvgIpc) is 2.48. The van der Waals surface area contributed by atoms with Gasteiger partial charge in [0.2, 0.25) is 0 Å². The topological polar surface area (TPSA) is 26.8 Å². The number of carbonyl (C=O) groups is 1. The molecule has 2 amide bonds. The minimum absolute atomic E-state index is 0.266. The molecule has 0 N–H and O–H groups in total. The Morgan fingerprint density at radius 1 is 1.27 bits per heavy atom. The van der Waals surface area contributed by atoms with Crippen LogP contribution in [0.3, 0.4) is 0 Å². The molecule has 1 unspecified atom stereocenters. The van der Waals surface area contributed by atoms with Gasteiger partial charge in [0.1, 0.15) is 0 Å². The highest BCUT2D eigenvalue weighted by Crippen LogP contribution is 2.20. The van der Waals surface area contributed by atoms with E-state index in [2.05, 4.69) is 19.0 Å². The number of rotatable bonds is 2. The van der Waals surface area contributed by atoms with Crippen LogP contribution in [0.1, 0.15) is 12.8 Å². The fraction of sp³-hybridized carbons (Fsp3) is 0.909. The van der Waals surface area contributed by atoms with E-state index in [9.17, 15) is 4.79 Å². The second-order valence-corrected chi connectivity index (χ2v) is 4.99. The Morgan fingerprint density at radius 3 is 2.53 bits per heavy atom. The van der Waals surface area contributed by atoms with E-state index in [1.807, 2.05) is 9.80 Å². The lowest BCUT2D eigenvalue weighted by atomic mass is 10.1. The van der Waals surface area contributed by atoms with E-state index in [0.29, 0.717) is 5.92 Å². The highest BCUT2D eigenvalue weighted by Gasteiger charge is 2.31. The smallest absolute Gasteiger partial charge is 0.320 e. The zero-order valence-corrected chi connectivity index (χ0v) is 9.78. The highest BCUT2D eigenvalue weighted by molar-refractivity contribution is 5.75. The number of amides is 2. The van der Waals surface area contributed by atoms with Crippen molar-refractivity contribution in [1.29, 1.82) is 0 Å². The van der Waals surface area contributed by atoms with E-state index < -0.39 is 0 Å². The Hall–Kier alpha value is -0.770. The van der Waals surface area contributed by atoms with Gasteiger partial charge >= 0.3 is 6.03 Å². The van der Waals surface area contributed by atoms with Gasteiger partial charge in [0.05, 0.1) is 0 Å².